The molecule has 0 amide bonds. The quantitative estimate of drug-likeness (QED) is 0.575. The van der Waals surface area contributed by atoms with Gasteiger partial charge in [0, 0.05) is 25.0 Å². The molecule has 1 N–H and O–H groups in total. The lowest BCUT2D eigenvalue weighted by Crippen LogP contribution is -2.36. The minimum atomic E-state index is -0.481. The van der Waals surface area contributed by atoms with Crippen LogP contribution in [0, 0.1) is 12.7 Å². The number of aromatic nitrogens is 5. The predicted molar refractivity (Wildman–Crippen MR) is 122 cm³/mol. The van der Waals surface area contributed by atoms with E-state index in [2.05, 4.69) is 44.3 Å². The summed E-state index contributed by atoms with van der Waals surface area (Å²) in [5.74, 6) is 1.36. The van der Waals surface area contributed by atoms with E-state index in [1.165, 1.54) is 6.20 Å². The number of hydrogen-bond acceptors (Lipinski definition) is 7. The molecular weight excluding hydrogens is 409 g/mol. The van der Waals surface area contributed by atoms with Gasteiger partial charge >= 0.3 is 0 Å². The second-order valence-corrected chi connectivity index (χ2v) is 8.39. The zero-order valence-electron chi connectivity index (χ0n) is 19.0. The van der Waals surface area contributed by atoms with Crippen LogP contribution in [0.4, 0.5) is 21.8 Å². The summed E-state index contributed by atoms with van der Waals surface area (Å²) in [6, 6.07) is 4.33. The molecule has 3 heterocycles. The number of rotatable bonds is 7. The van der Waals surface area contributed by atoms with Gasteiger partial charge in [-0.15, -0.1) is 5.10 Å². The van der Waals surface area contributed by atoms with Crippen molar-refractivity contribution in [2.75, 3.05) is 29.9 Å². The molecule has 0 atom stereocenters. The maximum atomic E-state index is 14.6. The van der Waals surface area contributed by atoms with Gasteiger partial charge in [-0.3, -0.25) is 0 Å². The molecule has 0 unspecified atom stereocenters. The van der Waals surface area contributed by atoms with Crippen molar-refractivity contribution in [1.82, 2.24) is 25.0 Å². The smallest absolute Gasteiger partial charge is 0.227 e. The summed E-state index contributed by atoms with van der Waals surface area (Å²) < 4.78 is 22.3. The van der Waals surface area contributed by atoms with E-state index in [9.17, 15) is 4.39 Å². The fraction of sp³-hybridized carbons (Fsp3) is 0.478. The van der Waals surface area contributed by atoms with Gasteiger partial charge in [0.2, 0.25) is 5.95 Å². The number of aryl methyl sites for hydroxylation is 1. The number of anilines is 3. The van der Waals surface area contributed by atoms with Crippen molar-refractivity contribution in [3.63, 3.8) is 0 Å². The van der Waals surface area contributed by atoms with Gasteiger partial charge in [-0.25, -0.2) is 14.1 Å². The maximum absolute atomic E-state index is 14.6. The molecule has 0 aliphatic carbocycles. The Balaban J connectivity index is 1.53. The fourth-order valence-electron chi connectivity index (χ4n) is 4.03. The van der Waals surface area contributed by atoms with E-state index >= 15 is 0 Å². The molecule has 170 valence electrons. The van der Waals surface area contributed by atoms with E-state index in [4.69, 9.17) is 4.74 Å². The fourth-order valence-corrected chi connectivity index (χ4v) is 4.03. The monoisotopic (exact) mass is 439 g/mol. The van der Waals surface area contributed by atoms with Crippen LogP contribution in [0.25, 0.3) is 0 Å². The molecular formula is C23H30FN7O. The summed E-state index contributed by atoms with van der Waals surface area (Å²) >= 11 is 0. The minimum absolute atomic E-state index is 0.176. The molecule has 1 aliphatic rings. The van der Waals surface area contributed by atoms with Crippen molar-refractivity contribution >= 4 is 17.5 Å². The minimum Gasteiger partial charge on any atom is -0.494 e. The van der Waals surface area contributed by atoms with E-state index in [1.54, 1.807) is 6.20 Å². The Labute approximate surface area is 187 Å². The second-order valence-electron chi connectivity index (χ2n) is 8.39. The maximum Gasteiger partial charge on any atom is 0.227 e. The molecule has 2 aromatic heterocycles. The van der Waals surface area contributed by atoms with Crippen molar-refractivity contribution < 1.29 is 9.13 Å². The summed E-state index contributed by atoms with van der Waals surface area (Å²) in [5, 5.41) is 11.2. The highest BCUT2D eigenvalue weighted by molar-refractivity contribution is 5.65. The zero-order chi connectivity index (χ0) is 22.7. The third-order valence-electron chi connectivity index (χ3n) is 5.83. The molecule has 0 spiro atoms. The van der Waals surface area contributed by atoms with Crippen LogP contribution in [-0.2, 0) is 0 Å². The average molecular weight is 440 g/mol. The summed E-state index contributed by atoms with van der Waals surface area (Å²) in [6.45, 7) is 10.3. The second kappa shape index (κ2) is 9.50. The standard InChI is InChI=1S/C23H30FN7O/c1-5-32-21-12-16(4)20(13-18(21)15(2)3)27-22-19(24)14-25-23(28-22)30-9-6-17(7-10-30)31-11-8-26-29-31/h8,11-15,17H,5-7,9-10H2,1-4H3,(H,25,27,28). The summed E-state index contributed by atoms with van der Waals surface area (Å²) in [6.07, 6.45) is 6.63. The molecule has 4 rings (SSSR count). The molecule has 1 aromatic carbocycles. The zero-order valence-corrected chi connectivity index (χ0v) is 19.0. The van der Waals surface area contributed by atoms with Crippen molar-refractivity contribution in [3.8, 4) is 5.75 Å². The van der Waals surface area contributed by atoms with E-state index < -0.39 is 5.82 Å². The van der Waals surface area contributed by atoms with Crippen LogP contribution in [0.1, 0.15) is 56.7 Å². The third kappa shape index (κ3) is 4.66. The Morgan fingerprint density at radius 3 is 2.69 bits per heavy atom. The molecule has 1 fully saturated rings. The van der Waals surface area contributed by atoms with E-state index in [-0.39, 0.29) is 11.7 Å². The number of benzene rings is 1. The van der Waals surface area contributed by atoms with Crippen LogP contribution in [0.15, 0.2) is 30.7 Å². The van der Waals surface area contributed by atoms with Crippen molar-refractivity contribution in [1.29, 1.82) is 0 Å². The van der Waals surface area contributed by atoms with Gasteiger partial charge < -0.3 is 15.0 Å². The normalized spacial score (nSPS) is 14.8. The van der Waals surface area contributed by atoms with Crippen LogP contribution in [-0.4, -0.2) is 44.7 Å². The number of hydrogen-bond donors (Lipinski definition) is 1. The summed E-state index contributed by atoms with van der Waals surface area (Å²) in [5.41, 5.74) is 2.85. The topological polar surface area (TPSA) is 81.0 Å². The molecule has 8 nitrogen and oxygen atoms in total. The summed E-state index contributed by atoms with van der Waals surface area (Å²) in [4.78, 5) is 10.8. The molecule has 1 aliphatic heterocycles. The predicted octanol–water partition coefficient (Wildman–Crippen LogP) is 4.62. The number of nitrogens with one attached hydrogen (secondary N) is 1. The summed E-state index contributed by atoms with van der Waals surface area (Å²) in [7, 11) is 0. The van der Waals surface area contributed by atoms with E-state index in [1.807, 2.05) is 36.9 Å². The van der Waals surface area contributed by atoms with Crippen LogP contribution in [0.3, 0.4) is 0 Å². The van der Waals surface area contributed by atoms with Crippen molar-refractivity contribution in [2.45, 2.75) is 52.5 Å². The first kappa shape index (κ1) is 22.0. The molecule has 0 radical (unpaired) electrons. The molecule has 0 bridgehead atoms. The Morgan fingerprint density at radius 2 is 2.03 bits per heavy atom. The average Bonchev–Trinajstić information content (AvgIpc) is 3.32. The highest BCUT2D eigenvalue weighted by atomic mass is 19.1. The third-order valence-corrected chi connectivity index (χ3v) is 5.83. The molecule has 3 aromatic rings. The number of nitrogens with zero attached hydrogens (tertiary/aromatic N) is 6. The lowest BCUT2D eigenvalue weighted by molar-refractivity contribution is 0.335. The number of halogens is 1. The van der Waals surface area contributed by atoms with Crippen molar-refractivity contribution in [2.24, 2.45) is 0 Å². The van der Waals surface area contributed by atoms with Gasteiger partial charge in [0.15, 0.2) is 11.6 Å². The number of piperidine rings is 1. The first-order valence-corrected chi connectivity index (χ1v) is 11.1. The Morgan fingerprint density at radius 1 is 1.25 bits per heavy atom. The van der Waals surface area contributed by atoms with E-state index in [0.29, 0.717) is 18.6 Å². The van der Waals surface area contributed by atoms with E-state index in [0.717, 1.165) is 48.5 Å². The van der Waals surface area contributed by atoms with Crippen LogP contribution in [0.5, 0.6) is 5.75 Å². The van der Waals surface area contributed by atoms with Crippen LogP contribution < -0.4 is 15.0 Å². The lowest BCUT2D eigenvalue weighted by atomic mass is 9.99. The molecule has 32 heavy (non-hydrogen) atoms. The highest BCUT2D eigenvalue weighted by Crippen LogP contribution is 2.34. The first-order valence-electron chi connectivity index (χ1n) is 11.1. The van der Waals surface area contributed by atoms with Crippen molar-refractivity contribution in [3.05, 3.63) is 47.7 Å². The Hall–Kier alpha value is -3.23. The lowest BCUT2D eigenvalue weighted by Gasteiger charge is -2.31. The Bertz CT molecular complexity index is 1050. The number of ether oxygens (including phenoxy) is 1. The van der Waals surface area contributed by atoms with Crippen LogP contribution in [0.2, 0.25) is 0 Å². The van der Waals surface area contributed by atoms with Gasteiger partial charge in [0.05, 0.1) is 25.0 Å². The highest BCUT2D eigenvalue weighted by Gasteiger charge is 2.23. The first-order chi connectivity index (χ1) is 15.5. The molecule has 9 heteroatoms. The SMILES string of the molecule is CCOc1cc(C)c(Nc2nc(N3CCC(n4ccnn4)CC3)ncc2F)cc1C(C)C. The Kier molecular flexibility index (Phi) is 6.53. The van der Waals surface area contributed by atoms with Gasteiger partial charge in [-0.1, -0.05) is 19.1 Å². The molecule has 1 saturated heterocycles. The van der Waals surface area contributed by atoms with Gasteiger partial charge in [0.1, 0.15) is 5.75 Å². The van der Waals surface area contributed by atoms with Crippen LogP contribution >= 0.6 is 0 Å². The van der Waals surface area contributed by atoms with Gasteiger partial charge in [0.25, 0.3) is 0 Å². The van der Waals surface area contributed by atoms with Gasteiger partial charge in [-0.05, 0) is 55.9 Å². The van der Waals surface area contributed by atoms with Gasteiger partial charge in [-0.2, -0.15) is 4.98 Å². The molecule has 0 saturated carbocycles. The largest absolute Gasteiger partial charge is 0.494 e.